The largest absolute Gasteiger partial charge is 0.481 e. The van der Waals surface area contributed by atoms with E-state index in [2.05, 4.69) is 0 Å². The molecule has 2 atom stereocenters. The topological polar surface area (TPSA) is 91.7 Å². The quantitative estimate of drug-likeness (QED) is 0.637. The summed E-state index contributed by atoms with van der Waals surface area (Å²) in [6.07, 6.45) is -1.04. The van der Waals surface area contributed by atoms with Gasteiger partial charge >= 0.3 is 5.97 Å². The maximum absolute atomic E-state index is 11.0. The zero-order chi connectivity index (χ0) is 10.1. The molecule has 6 heteroatoms. The number of aliphatic carboxylic acids is 1. The fourth-order valence-electron chi connectivity index (χ4n) is 1.47. The molecule has 76 valence electrons. The van der Waals surface area contributed by atoms with Gasteiger partial charge in [-0.1, -0.05) is 0 Å². The lowest BCUT2D eigenvalue weighted by atomic mass is 10.00. The van der Waals surface area contributed by atoms with Crippen LogP contribution in [0.4, 0.5) is 0 Å². The van der Waals surface area contributed by atoms with Crippen molar-refractivity contribution in [2.45, 2.75) is 18.9 Å². The molecule has 1 saturated heterocycles. The molecule has 13 heavy (non-hydrogen) atoms. The fourth-order valence-corrected chi connectivity index (χ4v) is 3.34. The number of aliphatic hydroxyl groups is 1. The Balaban J connectivity index is 2.51. The first kappa shape index (κ1) is 10.5. The van der Waals surface area contributed by atoms with Crippen LogP contribution in [0.2, 0.25) is 0 Å². The van der Waals surface area contributed by atoms with Gasteiger partial charge in [0.1, 0.15) is 0 Å². The molecule has 1 heterocycles. The van der Waals surface area contributed by atoms with E-state index in [-0.39, 0.29) is 17.9 Å². The van der Waals surface area contributed by atoms with Gasteiger partial charge in [0.05, 0.1) is 24.0 Å². The first-order chi connectivity index (χ1) is 5.91. The summed E-state index contributed by atoms with van der Waals surface area (Å²) in [6.45, 7) is 0. The summed E-state index contributed by atoms with van der Waals surface area (Å²) >= 11 is 0. The Kier molecular flexibility index (Phi) is 2.92. The third-order valence-corrected chi connectivity index (χ3v) is 3.99. The van der Waals surface area contributed by atoms with Crippen molar-refractivity contribution in [3.8, 4) is 0 Å². The Morgan fingerprint density at radius 3 is 2.54 bits per heavy atom. The van der Waals surface area contributed by atoms with Gasteiger partial charge in [-0.25, -0.2) is 8.42 Å². The number of carbonyl (C=O) groups is 1. The maximum Gasteiger partial charge on any atom is 0.305 e. The van der Waals surface area contributed by atoms with Crippen LogP contribution in [0.3, 0.4) is 0 Å². The molecule has 0 radical (unpaired) electrons. The molecule has 0 aromatic rings. The number of carboxylic acids is 1. The second kappa shape index (κ2) is 3.63. The van der Waals surface area contributed by atoms with Crippen LogP contribution in [0.25, 0.3) is 0 Å². The van der Waals surface area contributed by atoms with Crippen molar-refractivity contribution in [3.05, 3.63) is 0 Å². The molecule has 1 aliphatic rings. The van der Waals surface area contributed by atoms with E-state index in [1.165, 1.54) is 0 Å². The lowest BCUT2D eigenvalue weighted by Gasteiger charge is -2.13. The third-order valence-electron chi connectivity index (χ3n) is 2.20. The van der Waals surface area contributed by atoms with Gasteiger partial charge in [-0.05, 0) is 6.42 Å². The summed E-state index contributed by atoms with van der Waals surface area (Å²) in [6, 6.07) is 0. The molecule has 0 aromatic heterocycles. The zero-order valence-electron chi connectivity index (χ0n) is 7.01. The van der Waals surface area contributed by atoms with Gasteiger partial charge < -0.3 is 10.2 Å². The predicted octanol–water partition coefficient (Wildman–Crippen LogP) is -0.743. The lowest BCUT2D eigenvalue weighted by Crippen LogP contribution is -2.24. The summed E-state index contributed by atoms with van der Waals surface area (Å²) in [5, 5.41) is 17.7. The van der Waals surface area contributed by atoms with Gasteiger partial charge in [0, 0.05) is 5.92 Å². The molecule has 5 nitrogen and oxygen atoms in total. The van der Waals surface area contributed by atoms with Crippen LogP contribution in [0.15, 0.2) is 0 Å². The van der Waals surface area contributed by atoms with Gasteiger partial charge in [-0.3, -0.25) is 4.79 Å². The first-order valence-corrected chi connectivity index (χ1v) is 5.83. The summed E-state index contributed by atoms with van der Waals surface area (Å²) in [5.41, 5.74) is 0. The van der Waals surface area contributed by atoms with Gasteiger partial charge in [0.2, 0.25) is 0 Å². The van der Waals surface area contributed by atoms with Crippen molar-refractivity contribution in [1.29, 1.82) is 0 Å². The Morgan fingerprint density at radius 2 is 2.15 bits per heavy atom. The van der Waals surface area contributed by atoms with E-state index in [1.54, 1.807) is 0 Å². The second-order valence-corrected chi connectivity index (χ2v) is 5.56. The van der Waals surface area contributed by atoms with Crippen LogP contribution in [-0.2, 0) is 14.6 Å². The summed E-state index contributed by atoms with van der Waals surface area (Å²) in [7, 11) is -3.03. The highest BCUT2D eigenvalue weighted by atomic mass is 32.2. The van der Waals surface area contributed by atoms with E-state index < -0.39 is 27.8 Å². The molecule has 0 bridgehead atoms. The average Bonchev–Trinajstić information content (AvgIpc) is 2.28. The minimum Gasteiger partial charge on any atom is -0.481 e. The highest BCUT2D eigenvalue weighted by Crippen LogP contribution is 2.23. The monoisotopic (exact) mass is 208 g/mol. The molecule has 0 amide bonds. The highest BCUT2D eigenvalue weighted by molar-refractivity contribution is 7.91. The number of hydrogen-bond donors (Lipinski definition) is 2. The van der Waals surface area contributed by atoms with Crippen molar-refractivity contribution < 1.29 is 23.4 Å². The van der Waals surface area contributed by atoms with E-state index in [0.717, 1.165) is 0 Å². The zero-order valence-corrected chi connectivity index (χ0v) is 7.83. The normalized spacial score (nSPS) is 28.5. The average molecular weight is 208 g/mol. The smallest absolute Gasteiger partial charge is 0.305 e. The van der Waals surface area contributed by atoms with E-state index in [0.29, 0.717) is 6.42 Å². The van der Waals surface area contributed by atoms with Gasteiger partial charge in [-0.2, -0.15) is 0 Å². The van der Waals surface area contributed by atoms with Crippen molar-refractivity contribution in [2.24, 2.45) is 5.92 Å². The van der Waals surface area contributed by atoms with Crippen LogP contribution >= 0.6 is 0 Å². The first-order valence-electron chi connectivity index (χ1n) is 4.01. The third kappa shape index (κ3) is 2.96. The van der Waals surface area contributed by atoms with Crippen LogP contribution in [-0.4, -0.2) is 42.2 Å². The van der Waals surface area contributed by atoms with Gasteiger partial charge in [0.25, 0.3) is 0 Å². The number of sulfone groups is 1. The minimum atomic E-state index is -3.03. The van der Waals surface area contributed by atoms with Crippen molar-refractivity contribution in [2.75, 3.05) is 11.5 Å². The molecule has 0 aliphatic carbocycles. The van der Waals surface area contributed by atoms with Crippen LogP contribution < -0.4 is 0 Å². The van der Waals surface area contributed by atoms with Crippen molar-refractivity contribution >= 4 is 15.8 Å². The molecular weight excluding hydrogens is 196 g/mol. The summed E-state index contributed by atoms with van der Waals surface area (Å²) in [4.78, 5) is 10.2. The maximum atomic E-state index is 11.0. The number of hydrogen-bond acceptors (Lipinski definition) is 4. The minimum absolute atomic E-state index is 0.0638. The molecule has 1 unspecified atom stereocenters. The standard InChI is InChI=1S/C7H12O5S/c8-6(3-7(9)10)5-1-2-13(11,12)4-5/h5-6,8H,1-4H2,(H,9,10)/t5?,6-/m0/s1. The number of carboxylic acid groups (broad SMARTS) is 1. The van der Waals surface area contributed by atoms with Gasteiger partial charge in [-0.15, -0.1) is 0 Å². The molecule has 0 saturated carbocycles. The molecule has 0 aromatic carbocycles. The van der Waals surface area contributed by atoms with Crippen molar-refractivity contribution in [1.82, 2.24) is 0 Å². The Hall–Kier alpha value is -0.620. The highest BCUT2D eigenvalue weighted by Gasteiger charge is 2.33. The Morgan fingerprint density at radius 1 is 1.54 bits per heavy atom. The number of rotatable bonds is 3. The van der Waals surface area contributed by atoms with Crippen LogP contribution in [0.5, 0.6) is 0 Å². The van der Waals surface area contributed by atoms with E-state index in [4.69, 9.17) is 5.11 Å². The Labute approximate surface area is 76.3 Å². The van der Waals surface area contributed by atoms with Gasteiger partial charge in [0.15, 0.2) is 9.84 Å². The molecular formula is C7H12O5S. The molecule has 2 N–H and O–H groups in total. The van der Waals surface area contributed by atoms with E-state index in [1.807, 2.05) is 0 Å². The molecule has 1 aliphatic heterocycles. The molecule has 1 fully saturated rings. The SMILES string of the molecule is O=C(O)C[C@H](O)C1CCS(=O)(=O)C1. The van der Waals surface area contributed by atoms with E-state index in [9.17, 15) is 18.3 Å². The van der Waals surface area contributed by atoms with Crippen LogP contribution in [0.1, 0.15) is 12.8 Å². The number of aliphatic hydroxyl groups excluding tert-OH is 1. The van der Waals surface area contributed by atoms with E-state index >= 15 is 0 Å². The molecule has 0 spiro atoms. The lowest BCUT2D eigenvalue weighted by molar-refractivity contribution is -0.139. The Bertz CT molecular complexity index is 294. The predicted molar refractivity (Wildman–Crippen MR) is 45.0 cm³/mol. The molecule has 1 rings (SSSR count). The fraction of sp³-hybridized carbons (Fsp3) is 0.857. The van der Waals surface area contributed by atoms with Crippen molar-refractivity contribution in [3.63, 3.8) is 0 Å². The summed E-state index contributed by atoms with van der Waals surface area (Å²) < 4.78 is 21.9. The summed E-state index contributed by atoms with van der Waals surface area (Å²) in [5.74, 6) is -1.52. The second-order valence-electron chi connectivity index (χ2n) is 3.33. The van der Waals surface area contributed by atoms with Crippen LogP contribution in [0, 0.1) is 5.92 Å².